The first-order valence-corrected chi connectivity index (χ1v) is 8.89. The Hall–Kier alpha value is -0.940. The highest BCUT2D eigenvalue weighted by Gasteiger charge is 2.39. The summed E-state index contributed by atoms with van der Waals surface area (Å²) in [6.07, 6.45) is 7.00. The van der Waals surface area contributed by atoms with Crippen LogP contribution in [0.1, 0.15) is 62.4 Å². The number of hydrogen-bond acceptors (Lipinski definition) is 4. The molecule has 1 aromatic rings. The van der Waals surface area contributed by atoms with Gasteiger partial charge in [0.05, 0.1) is 11.5 Å². The van der Waals surface area contributed by atoms with Gasteiger partial charge in [-0.25, -0.2) is 4.98 Å². The summed E-state index contributed by atoms with van der Waals surface area (Å²) in [6.45, 7) is 8.15. The fourth-order valence-electron chi connectivity index (χ4n) is 3.06. The van der Waals surface area contributed by atoms with E-state index in [-0.39, 0.29) is 17.4 Å². The van der Waals surface area contributed by atoms with Gasteiger partial charge in [-0.15, -0.1) is 11.3 Å². The number of carbonyl (C=O) groups excluding carboxylic acids is 1. The summed E-state index contributed by atoms with van der Waals surface area (Å²) in [5, 5.41) is 7.60. The number of carbonyl (C=O) groups is 1. The third kappa shape index (κ3) is 3.83. The Morgan fingerprint density at radius 1 is 1.57 bits per heavy atom. The molecule has 1 saturated heterocycles. The standard InChI is InChI=1S/C16H27N3OS/c1-4-7-16(8-6-9-17-11-16)15(20)19-12(3)14-18-10-13(5-2)21-14/h10,12,17H,4-9,11H2,1-3H3,(H,19,20). The molecule has 1 fully saturated rings. The molecule has 0 aliphatic carbocycles. The molecule has 2 unspecified atom stereocenters. The van der Waals surface area contributed by atoms with Crippen LogP contribution in [0.25, 0.3) is 0 Å². The monoisotopic (exact) mass is 309 g/mol. The third-order valence-corrected chi connectivity index (χ3v) is 5.64. The lowest BCUT2D eigenvalue weighted by atomic mass is 9.76. The lowest BCUT2D eigenvalue weighted by Crippen LogP contribution is -2.50. The maximum atomic E-state index is 12.8. The predicted molar refractivity (Wildman–Crippen MR) is 87.5 cm³/mol. The summed E-state index contributed by atoms with van der Waals surface area (Å²) >= 11 is 1.70. The molecule has 0 radical (unpaired) electrons. The third-order valence-electron chi connectivity index (χ3n) is 4.32. The van der Waals surface area contributed by atoms with Crippen molar-refractivity contribution in [3.05, 3.63) is 16.1 Å². The highest BCUT2D eigenvalue weighted by molar-refractivity contribution is 7.11. The Morgan fingerprint density at radius 3 is 2.95 bits per heavy atom. The van der Waals surface area contributed by atoms with Crippen LogP contribution >= 0.6 is 11.3 Å². The van der Waals surface area contributed by atoms with E-state index in [1.807, 2.05) is 13.1 Å². The molecule has 2 rings (SSSR count). The summed E-state index contributed by atoms with van der Waals surface area (Å²) in [5.41, 5.74) is -0.230. The number of hydrogen-bond donors (Lipinski definition) is 2. The highest BCUT2D eigenvalue weighted by Crippen LogP contribution is 2.33. The molecule has 1 aliphatic heterocycles. The minimum atomic E-state index is -0.230. The molecule has 0 bridgehead atoms. The molecule has 0 aromatic carbocycles. The van der Waals surface area contributed by atoms with Crippen LogP contribution < -0.4 is 10.6 Å². The average Bonchev–Trinajstić information content (AvgIpc) is 2.97. The van der Waals surface area contributed by atoms with Crippen LogP contribution in [-0.4, -0.2) is 24.0 Å². The van der Waals surface area contributed by atoms with Crippen molar-refractivity contribution in [1.29, 1.82) is 0 Å². The van der Waals surface area contributed by atoms with Crippen LogP contribution in [0.15, 0.2) is 6.20 Å². The van der Waals surface area contributed by atoms with E-state index < -0.39 is 0 Å². The van der Waals surface area contributed by atoms with E-state index in [0.717, 1.165) is 50.2 Å². The molecule has 1 aromatic heterocycles. The van der Waals surface area contributed by atoms with Gasteiger partial charge in [-0.3, -0.25) is 4.79 Å². The van der Waals surface area contributed by atoms with Gasteiger partial charge in [-0.05, 0) is 39.2 Å². The van der Waals surface area contributed by atoms with E-state index >= 15 is 0 Å². The number of rotatable bonds is 6. The molecular formula is C16H27N3OS. The Kier molecular flexibility index (Phi) is 5.76. The second-order valence-corrected chi connectivity index (χ2v) is 7.17. The quantitative estimate of drug-likeness (QED) is 0.849. The van der Waals surface area contributed by atoms with Crippen LogP contribution in [0, 0.1) is 5.41 Å². The molecule has 118 valence electrons. The summed E-state index contributed by atoms with van der Waals surface area (Å²) < 4.78 is 0. The van der Waals surface area contributed by atoms with Gasteiger partial charge in [0.15, 0.2) is 0 Å². The van der Waals surface area contributed by atoms with Crippen molar-refractivity contribution in [2.24, 2.45) is 5.41 Å². The van der Waals surface area contributed by atoms with E-state index in [4.69, 9.17) is 0 Å². The average molecular weight is 309 g/mol. The molecule has 4 nitrogen and oxygen atoms in total. The molecule has 21 heavy (non-hydrogen) atoms. The van der Waals surface area contributed by atoms with Crippen molar-refractivity contribution in [3.63, 3.8) is 0 Å². The van der Waals surface area contributed by atoms with Gasteiger partial charge in [0.2, 0.25) is 5.91 Å². The molecule has 2 heterocycles. The second kappa shape index (κ2) is 7.36. The first kappa shape index (κ1) is 16.4. The fraction of sp³-hybridized carbons (Fsp3) is 0.750. The molecule has 0 spiro atoms. The zero-order valence-corrected chi connectivity index (χ0v) is 14.2. The van der Waals surface area contributed by atoms with Crippen molar-refractivity contribution < 1.29 is 4.79 Å². The number of aryl methyl sites for hydroxylation is 1. The van der Waals surface area contributed by atoms with Gasteiger partial charge in [0.1, 0.15) is 5.01 Å². The maximum Gasteiger partial charge on any atom is 0.228 e. The Balaban J connectivity index is 2.03. The lowest BCUT2D eigenvalue weighted by molar-refractivity contribution is -0.133. The lowest BCUT2D eigenvalue weighted by Gasteiger charge is -2.36. The van der Waals surface area contributed by atoms with Crippen LogP contribution in [0.3, 0.4) is 0 Å². The summed E-state index contributed by atoms with van der Waals surface area (Å²) in [6, 6.07) is -0.00143. The normalized spacial score (nSPS) is 23.8. The Bertz CT molecular complexity index is 460. The van der Waals surface area contributed by atoms with Gasteiger partial charge < -0.3 is 10.6 Å². The zero-order valence-electron chi connectivity index (χ0n) is 13.4. The SMILES string of the molecule is CCCC1(C(=O)NC(C)c2ncc(CC)s2)CCCNC1. The number of thiazole rings is 1. The highest BCUT2D eigenvalue weighted by atomic mass is 32.1. The number of piperidine rings is 1. The Morgan fingerprint density at radius 2 is 2.38 bits per heavy atom. The van der Waals surface area contributed by atoms with Crippen LogP contribution in [0.5, 0.6) is 0 Å². The predicted octanol–water partition coefficient (Wildman–Crippen LogP) is 3.05. The molecular weight excluding hydrogens is 282 g/mol. The number of nitrogens with zero attached hydrogens (tertiary/aromatic N) is 1. The van der Waals surface area contributed by atoms with Crippen molar-refractivity contribution >= 4 is 17.2 Å². The molecule has 2 atom stereocenters. The summed E-state index contributed by atoms with van der Waals surface area (Å²) in [5.74, 6) is 0.192. The molecule has 0 saturated carbocycles. The molecule has 5 heteroatoms. The number of nitrogens with one attached hydrogen (secondary N) is 2. The number of aromatic nitrogens is 1. The van der Waals surface area contributed by atoms with E-state index in [1.54, 1.807) is 11.3 Å². The van der Waals surface area contributed by atoms with Gasteiger partial charge in [-0.2, -0.15) is 0 Å². The smallest absolute Gasteiger partial charge is 0.228 e. The first-order chi connectivity index (χ1) is 10.1. The van der Waals surface area contributed by atoms with Crippen LogP contribution in [0.4, 0.5) is 0 Å². The van der Waals surface area contributed by atoms with Crippen LogP contribution in [-0.2, 0) is 11.2 Å². The van der Waals surface area contributed by atoms with Crippen molar-refractivity contribution in [2.75, 3.05) is 13.1 Å². The summed E-state index contributed by atoms with van der Waals surface area (Å²) in [4.78, 5) is 18.5. The van der Waals surface area contributed by atoms with E-state index in [1.165, 1.54) is 4.88 Å². The minimum Gasteiger partial charge on any atom is -0.347 e. The first-order valence-electron chi connectivity index (χ1n) is 8.07. The van der Waals surface area contributed by atoms with Gasteiger partial charge in [-0.1, -0.05) is 20.3 Å². The van der Waals surface area contributed by atoms with Crippen LogP contribution in [0.2, 0.25) is 0 Å². The largest absolute Gasteiger partial charge is 0.347 e. The van der Waals surface area contributed by atoms with E-state index in [2.05, 4.69) is 29.5 Å². The molecule has 2 N–H and O–H groups in total. The van der Waals surface area contributed by atoms with E-state index in [0.29, 0.717) is 0 Å². The minimum absolute atomic E-state index is 0.00143. The van der Waals surface area contributed by atoms with E-state index in [9.17, 15) is 4.79 Å². The fourth-order valence-corrected chi connectivity index (χ4v) is 3.92. The van der Waals surface area contributed by atoms with Crippen molar-refractivity contribution in [1.82, 2.24) is 15.6 Å². The van der Waals surface area contributed by atoms with Gasteiger partial charge in [0, 0.05) is 17.6 Å². The van der Waals surface area contributed by atoms with Gasteiger partial charge >= 0.3 is 0 Å². The topological polar surface area (TPSA) is 54.0 Å². The number of amides is 1. The summed E-state index contributed by atoms with van der Waals surface area (Å²) in [7, 11) is 0. The maximum absolute atomic E-state index is 12.8. The van der Waals surface area contributed by atoms with Crippen molar-refractivity contribution in [2.45, 2.75) is 58.9 Å². The second-order valence-electron chi connectivity index (χ2n) is 6.02. The Labute approximate surface area is 131 Å². The van der Waals surface area contributed by atoms with Gasteiger partial charge in [0.25, 0.3) is 0 Å². The molecule has 1 aliphatic rings. The molecule has 1 amide bonds. The zero-order chi connectivity index (χ0) is 15.3. The van der Waals surface area contributed by atoms with Crippen molar-refractivity contribution in [3.8, 4) is 0 Å².